The van der Waals surface area contributed by atoms with E-state index in [0.29, 0.717) is 0 Å². The van der Waals surface area contributed by atoms with Gasteiger partial charge >= 0.3 is 0 Å². The summed E-state index contributed by atoms with van der Waals surface area (Å²) in [7, 11) is 0. The number of hydrogen-bond donors (Lipinski definition) is 1. The SMILES string of the molecule is O=C(NCCCN1CCOCC1)c1csc2c1CCCCC2. The number of fused-ring (bicyclic) bond motifs is 1. The molecule has 4 nitrogen and oxygen atoms in total. The summed E-state index contributed by atoms with van der Waals surface area (Å²) in [5, 5.41) is 5.17. The van der Waals surface area contributed by atoms with Crippen LogP contribution in [0.2, 0.25) is 0 Å². The van der Waals surface area contributed by atoms with Gasteiger partial charge in [0.1, 0.15) is 0 Å². The second-order valence-electron chi connectivity index (χ2n) is 6.18. The van der Waals surface area contributed by atoms with Crippen LogP contribution in [0.5, 0.6) is 0 Å². The highest BCUT2D eigenvalue weighted by molar-refractivity contribution is 7.10. The van der Waals surface area contributed by atoms with Crippen LogP contribution in [0.4, 0.5) is 0 Å². The van der Waals surface area contributed by atoms with Crippen molar-refractivity contribution in [1.82, 2.24) is 10.2 Å². The zero-order chi connectivity index (χ0) is 15.2. The fraction of sp³-hybridized carbons (Fsp3) is 0.706. The number of rotatable bonds is 5. The van der Waals surface area contributed by atoms with Crippen molar-refractivity contribution < 1.29 is 9.53 Å². The summed E-state index contributed by atoms with van der Waals surface area (Å²) < 4.78 is 5.35. The van der Waals surface area contributed by atoms with E-state index in [-0.39, 0.29) is 5.91 Å². The van der Waals surface area contributed by atoms with Crippen molar-refractivity contribution in [3.05, 3.63) is 21.4 Å². The molecule has 1 N–H and O–H groups in total. The highest BCUT2D eigenvalue weighted by Crippen LogP contribution is 2.29. The third-order valence-corrected chi connectivity index (χ3v) is 5.68. The van der Waals surface area contributed by atoms with Crippen molar-refractivity contribution in [1.29, 1.82) is 0 Å². The quantitative estimate of drug-likeness (QED) is 0.669. The normalized spacial score (nSPS) is 19.5. The largest absolute Gasteiger partial charge is 0.379 e. The van der Waals surface area contributed by atoms with E-state index in [1.54, 1.807) is 11.3 Å². The van der Waals surface area contributed by atoms with Crippen LogP contribution in [0.15, 0.2) is 5.38 Å². The number of aryl methyl sites for hydroxylation is 1. The molecule has 0 radical (unpaired) electrons. The lowest BCUT2D eigenvalue weighted by atomic mass is 10.1. The maximum absolute atomic E-state index is 12.4. The topological polar surface area (TPSA) is 41.6 Å². The first kappa shape index (κ1) is 16.0. The van der Waals surface area contributed by atoms with E-state index in [1.807, 2.05) is 0 Å². The van der Waals surface area contributed by atoms with Gasteiger partial charge in [-0.3, -0.25) is 9.69 Å². The minimum atomic E-state index is 0.126. The molecule has 22 heavy (non-hydrogen) atoms. The Labute approximate surface area is 136 Å². The third-order valence-electron chi connectivity index (χ3n) is 4.60. The van der Waals surface area contributed by atoms with Gasteiger partial charge in [0.15, 0.2) is 0 Å². The molecule has 1 fully saturated rings. The van der Waals surface area contributed by atoms with Crippen molar-refractivity contribution in [2.75, 3.05) is 39.4 Å². The van der Waals surface area contributed by atoms with E-state index in [0.717, 1.165) is 64.2 Å². The van der Waals surface area contributed by atoms with E-state index in [4.69, 9.17) is 4.74 Å². The van der Waals surface area contributed by atoms with Crippen LogP contribution in [0.25, 0.3) is 0 Å². The number of morpholine rings is 1. The van der Waals surface area contributed by atoms with Crippen LogP contribution in [-0.2, 0) is 17.6 Å². The van der Waals surface area contributed by atoms with Gasteiger partial charge in [0.25, 0.3) is 5.91 Å². The van der Waals surface area contributed by atoms with Crippen molar-refractivity contribution in [3.8, 4) is 0 Å². The molecule has 0 bridgehead atoms. The Kier molecular flexibility index (Phi) is 5.87. The second kappa shape index (κ2) is 8.09. The molecule has 0 aromatic carbocycles. The predicted molar refractivity (Wildman–Crippen MR) is 89.8 cm³/mol. The highest BCUT2D eigenvalue weighted by Gasteiger charge is 2.19. The Morgan fingerprint density at radius 1 is 1.23 bits per heavy atom. The van der Waals surface area contributed by atoms with Crippen LogP contribution in [0, 0.1) is 0 Å². The fourth-order valence-electron chi connectivity index (χ4n) is 3.29. The molecule has 1 amide bonds. The van der Waals surface area contributed by atoms with Gasteiger partial charge in [-0.05, 0) is 44.2 Å². The summed E-state index contributed by atoms with van der Waals surface area (Å²) in [6, 6.07) is 0. The molecule has 1 saturated heterocycles. The maximum Gasteiger partial charge on any atom is 0.252 e. The Balaban J connectivity index is 1.45. The number of thiophene rings is 1. The van der Waals surface area contributed by atoms with Gasteiger partial charge in [0.2, 0.25) is 0 Å². The first-order valence-electron chi connectivity index (χ1n) is 8.52. The minimum Gasteiger partial charge on any atom is -0.379 e. The Bertz CT molecular complexity index is 495. The number of carbonyl (C=O) groups is 1. The summed E-state index contributed by atoms with van der Waals surface area (Å²) in [5.41, 5.74) is 2.27. The molecule has 122 valence electrons. The lowest BCUT2D eigenvalue weighted by Crippen LogP contribution is -2.38. The molecule has 0 spiro atoms. The van der Waals surface area contributed by atoms with E-state index < -0.39 is 0 Å². The van der Waals surface area contributed by atoms with Crippen molar-refractivity contribution in [3.63, 3.8) is 0 Å². The van der Waals surface area contributed by atoms with Crippen molar-refractivity contribution >= 4 is 17.2 Å². The van der Waals surface area contributed by atoms with Crippen molar-refractivity contribution in [2.24, 2.45) is 0 Å². The monoisotopic (exact) mass is 322 g/mol. The summed E-state index contributed by atoms with van der Waals surface area (Å²) in [6.07, 6.45) is 7.04. The maximum atomic E-state index is 12.4. The molecule has 1 aliphatic carbocycles. The molecule has 0 saturated carbocycles. The number of nitrogens with zero attached hydrogens (tertiary/aromatic N) is 1. The lowest BCUT2D eigenvalue weighted by molar-refractivity contribution is 0.0374. The number of hydrogen-bond acceptors (Lipinski definition) is 4. The summed E-state index contributed by atoms with van der Waals surface area (Å²) in [4.78, 5) is 16.3. The molecule has 1 aromatic heterocycles. The van der Waals surface area contributed by atoms with Crippen LogP contribution in [0.3, 0.4) is 0 Å². The molecule has 3 rings (SSSR count). The van der Waals surface area contributed by atoms with E-state index in [1.165, 1.54) is 29.7 Å². The van der Waals surface area contributed by atoms with Gasteiger partial charge in [-0.25, -0.2) is 0 Å². The minimum absolute atomic E-state index is 0.126. The molecule has 2 aliphatic rings. The molecule has 0 unspecified atom stereocenters. The number of ether oxygens (including phenoxy) is 1. The van der Waals surface area contributed by atoms with Gasteiger partial charge in [-0.15, -0.1) is 11.3 Å². The Morgan fingerprint density at radius 3 is 2.91 bits per heavy atom. The summed E-state index contributed by atoms with van der Waals surface area (Å²) in [6.45, 7) is 5.53. The Hall–Kier alpha value is -0.910. The fourth-order valence-corrected chi connectivity index (χ4v) is 4.41. The number of nitrogens with one attached hydrogen (secondary N) is 1. The predicted octanol–water partition coefficient (Wildman–Crippen LogP) is 2.47. The lowest BCUT2D eigenvalue weighted by Gasteiger charge is -2.26. The second-order valence-corrected chi connectivity index (χ2v) is 7.14. The van der Waals surface area contributed by atoms with Crippen LogP contribution in [-0.4, -0.2) is 50.2 Å². The summed E-state index contributed by atoms with van der Waals surface area (Å²) in [5.74, 6) is 0.126. The van der Waals surface area contributed by atoms with Crippen LogP contribution >= 0.6 is 11.3 Å². The van der Waals surface area contributed by atoms with Gasteiger partial charge in [0, 0.05) is 29.9 Å². The first-order valence-corrected chi connectivity index (χ1v) is 9.40. The van der Waals surface area contributed by atoms with Crippen molar-refractivity contribution in [2.45, 2.75) is 38.5 Å². The number of amides is 1. The van der Waals surface area contributed by atoms with Crippen LogP contribution in [0.1, 0.15) is 46.5 Å². The molecular weight excluding hydrogens is 296 g/mol. The zero-order valence-electron chi connectivity index (χ0n) is 13.2. The average molecular weight is 322 g/mol. The van der Waals surface area contributed by atoms with Gasteiger partial charge in [-0.1, -0.05) is 6.42 Å². The zero-order valence-corrected chi connectivity index (χ0v) is 14.1. The first-order chi connectivity index (χ1) is 10.8. The number of carbonyl (C=O) groups excluding carboxylic acids is 1. The smallest absolute Gasteiger partial charge is 0.252 e. The standard InChI is InChI=1S/C17H26N2O2S/c20-17(18-7-4-8-19-9-11-21-12-10-19)15-13-22-16-6-3-1-2-5-14(15)16/h13H,1-12H2,(H,18,20). The molecule has 1 aliphatic heterocycles. The van der Waals surface area contributed by atoms with Crippen LogP contribution < -0.4 is 5.32 Å². The molecule has 0 atom stereocenters. The summed E-state index contributed by atoms with van der Waals surface area (Å²) >= 11 is 1.77. The third kappa shape index (κ3) is 4.09. The van der Waals surface area contributed by atoms with E-state index in [2.05, 4.69) is 15.6 Å². The average Bonchev–Trinajstić information content (AvgIpc) is 2.81. The van der Waals surface area contributed by atoms with Gasteiger partial charge in [0.05, 0.1) is 18.8 Å². The highest BCUT2D eigenvalue weighted by atomic mass is 32.1. The van der Waals surface area contributed by atoms with E-state index >= 15 is 0 Å². The molecule has 5 heteroatoms. The van der Waals surface area contributed by atoms with Gasteiger partial charge < -0.3 is 10.1 Å². The van der Waals surface area contributed by atoms with E-state index in [9.17, 15) is 4.79 Å². The molecular formula is C17H26N2O2S. The Morgan fingerprint density at radius 2 is 2.05 bits per heavy atom. The van der Waals surface area contributed by atoms with Gasteiger partial charge in [-0.2, -0.15) is 0 Å². The molecule has 2 heterocycles. The molecule has 1 aromatic rings.